The Morgan fingerprint density at radius 1 is 0.909 bits per heavy atom. The number of fused-ring (bicyclic) bond motifs is 5. The number of hydrogen-bond donors (Lipinski definition) is 0. The minimum atomic E-state index is -0.0556. The Balaban J connectivity index is 1.55. The highest BCUT2D eigenvalue weighted by Crippen LogP contribution is 2.57. The zero-order chi connectivity index (χ0) is 22.5. The fourth-order valence-electron chi connectivity index (χ4n) is 6.02. The Bertz CT molecular complexity index is 1190. The Kier molecular flexibility index (Phi) is 5.12. The summed E-state index contributed by atoms with van der Waals surface area (Å²) in [5.74, 6) is 0.483. The summed E-state index contributed by atoms with van der Waals surface area (Å²) < 4.78 is 12.6. The Labute approximate surface area is 196 Å². The lowest BCUT2D eigenvalue weighted by Gasteiger charge is -2.42. The summed E-state index contributed by atoms with van der Waals surface area (Å²) in [6.07, 6.45) is 1.23. The number of hydrogen-bond acceptors (Lipinski definition) is 3. The zero-order valence-corrected chi connectivity index (χ0v) is 19.6. The second kappa shape index (κ2) is 8.16. The van der Waals surface area contributed by atoms with E-state index >= 15 is 0 Å². The zero-order valence-electron chi connectivity index (χ0n) is 19.6. The maximum atomic E-state index is 6.35. The van der Waals surface area contributed by atoms with Gasteiger partial charge in [-0.1, -0.05) is 77.9 Å². The first kappa shape index (κ1) is 20.7. The van der Waals surface area contributed by atoms with Gasteiger partial charge in [-0.15, -0.1) is 0 Å². The first-order valence-corrected chi connectivity index (χ1v) is 12.0. The number of ether oxygens (including phenoxy) is 2. The second-order valence-corrected chi connectivity index (χ2v) is 9.70. The third-order valence-corrected chi connectivity index (χ3v) is 7.66. The smallest absolute Gasteiger partial charge is 0.106 e. The number of aryl methyl sites for hydroxylation is 2. The summed E-state index contributed by atoms with van der Waals surface area (Å²) in [6.45, 7) is 5.95. The number of rotatable bonds is 4. The lowest BCUT2D eigenvalue weighted by Crippen LogP contribution is -2.44. The van der Waals surface area contributed by atoms with Crippen LogP contribution in [0.3, 0.4) is 0 Å². The van der Waals surface area contributed by atoms with Gasteiger partial charge < -0.3 is 14.4 Å². The van der Waals surface area contributed by atoms with Crippen LogP contribution in [0.1, 0.15) is 40.3 Å². The van der Waals surface area contributed by atoms with Gasteiger partial charge in [0.1, 0.15) is 6.10 Å². The van der Waals surface area contributed by atoms with Crippen molar-refractivity contribution in [2.24, 2.45) is 5.92 Å². The summed E-state index contributed by atoms with van der Waals surface area (Å²) in [4.78, 5) is 2.56. The maximum Gasteiger partial charge on any atom is 0.106 e. The van der Waals surface area contributed by atoms with Gasteiger partial charge in [0.25, 0.3) is 0 Å². The van der Waals surface area contributed by atoms with Crippen LogP contribution in [-0.2, 0) is 16.0 Å². The van der Waals surface area contributed by atoms with Gasteiger partial charge in [0.15, 0.2) is 0 Å². The molecule has 0 N–H and O–H groups in total. The third-order valence-electron chi connectivity index (χ3n) is 7.66. The van der Waals surface area contributed by atoms with Gasteiger partial charge in [-0.2, -0.15) is 0 Å². The van der Waals surface area contributed by atoms with Crippen LogP contribution in [0.2, 0.25) is 0 Å². The molecule has 168 valence electrons. The van der Waals surface area contributed by atoms with E-state index in [4.69, 9.17) is 9.47 Å². The quantitative estimate of drug-likeness (QED) is 0.481. The van der Waals surface area contributed by atoms with E-state index in [9.17, 15) is 0 Å². The van der Waals surface area contributed by atoms with E-state index in [1.165, 1.54) is 44.7 Å². The molecule has 2 aliphatic heterocycles. The molecule has 1 saturated heterocycles. The number of benzene rings is 3. The van der Waals surface area contributed by atoms with Crippen molar-refractivity contribution < 1.29 is 9.47 Å². The summed E-state index contributed by atoms with van der Waals surface area (Å²) in [7, 11) is 1.86. The highest BCUT2D eigenvalue weighted by atomic mass is 16.5. The largest absolute Gasteiger partial charge is 0.374 e. The van der Waals surface area contributed by atoms with Gasteiger partial charge in [0.2, 0.25) is 0 Å². The Hall–Kier alpha value is -2.88. The predicted molar refractivity (Wildman–Crippen MR) is 133 cm³/mol. The SMILES string of the molecule is CO[C@@H]1C2=C(c3ccccc3N(Cc3ccc(C)cc3)[C@@H]1c1ccc(C)cc1)[C@H]1CCO[C@@H]21. The molecule has 3 heteroatoms. The minimum Gasteiger partial charge on any atom is -0.374 e. The Morgan fingerprint density at radius 2 is 1.61 bits per heavy atom. The molecule has 1 fully saturated rings. The monoisotopic (exact) mass is 437 g/mol. The average molecular weight is 438 g/mol. The number of nitrogens with zero attached hydrogens (tertiary/aromatic N) is 1. The Morgan fingerprint density at radius 3 is 2.33 bits per heavy atom. The molecule has 0 spiro atoms. The molecule has 0 bridgehead atoms. The van der Waals surface area contributed by atoms with Crippen LogP contribution in [0.25, 0.3) is 5.57 Å². The summed E-state index contributed by atoms with van der Waals surface area (Å²) >= 11 is 0. The van der Waals surface area contributed by atoms with Crippen molar-refractivity contribution in [3.8, 4) is 0 Å². The highest BCUT2D eigenvalue weighted by Gasteiger charge is 2.53. The van der Waals surface area contributed by atoms with Crippen molar-refractivity contribution in [1.29, 1.82) is 0 Å². The van der Waals surface area contributed by atoms with Crippen LogP contribution in [0.15, 0.2) is 78.4 Å². The topological polar surface area (TPSA) is 21.7 Å². The molecule has 3 aliphatic rings. The molecular formula is C30H31NO2. The molecule has 0 radical (unpaired) electrons. The number of para-hydroxylation sites is 1. The van der Waals surface area contributed by atoms with E-state index in [0.717, 1.165) is 19.6 Å². The molecule has 33 heavy (non-hydrogen) atoms. The van der Waals surface area contributed by atoms with E-state index in [-0.39, 0.29) is 18.2 Å². The first-order valence-electron chi connectivity index (χ1n) is 12.0. The fourth-order valence-corrected chi connectivity index (χ4v) is 6.02. The summed E-state index contributed by atoms with van der Waals surface area (Å²) in [5, 5.41) is 0. The van der Waals surface area contributed by atoms with Gasteiger partial charge in [-0.25, -0.2) is 0 Å². The van der Waals surface area contributed by atoms with Crippen molar-refractivity contribution in [2.45, 2.75) is 45.1 Å². The maximum absolute atomic E-state index is 6.35. The molecule has 6 rings (SSSR count). The van der Waals surface area contributed by atoms with Crippen LogP contribution in [0.5, 0.6) is 0 Å². The van der Waals surface area contributed by atoms with Crippen LogP contribution >= 0.6 is 0 Å². The number of methoxy groups -OCH3 is 1. The van der Waals surface area contributed by atoms with Crippen LogP contribution < -0.4 is 4.90 Å². The van der Waals surface area contributed by atoms with Crippen molar-refractivity contribution in [3.63, 3.8) is 0 Å². The van der Waals surface area contributed by atoms with E-state index in [0.29, 0.717) is 5.92 Å². The minimum absolute atomic E-state index is 0.0556. The molecule has 3 nitrogen and oxygen atoms in total. The predicted octanol–water partition coefficient (Wildman–Crippen LogP) is 6.25. The average Bonchev–Trinajstić information content (AvgIpc) is 3.19. The van der Waals surface area contributed by atoms with Gasteiger partial charge in [-0.05, 0) is 48.6 Å². The molecule has 3 aromatic rings. The van der Waals surface area contributed by atoms with Crippen LogP contribution in [-0.4, -0.2) is 25.9 Å². The second-order valence-electron chi connectivity index (χ2n) is 9.70. The molecule has 0 amide bonds. The van der Waals surface area contributed by atoms with E-state index in [2.05, 4.69) is 91.5 Å². The standard InChI is InChI=1S/C30H31NO2/c1-19-8-12-21(13-9-19)18-31-25-7-5-4-6-23(25)26-24-16-17-33-29(24)27(26)30(32-3)28(31)22-14-10-20(2)11-15-22/h4-15,24,28-30H,16-18H2,1-3H3/t24-,28-,29-,30-/m1/s1. The molecule has 1 aliphatic carbocycles. The van der Waals surface area contributed by atoms with E-state index in [1.807, 2.05) is 7.11 Å². The van der Waals surface area contributed by atoms with Crippen molar-refractivity contribution >= 4 is 11.3 Å². The number of anilines is 1. The first-order chi connectivity index (χ1) is 16.2. The van der Waals surface area contributed by atoms with Gasteiger partial charge in [0, 0.05) is 37.4 Å². The molecular weight excluding hydrogens is 406 g/mol. The van der Waals surface area contributed by atoms with Crippen molar-refractivity contribution in [2.75, 3.05) is 18.6 Å². The van der Waals surface area contributed by atoms with Crippen LogP contribution in [0, 0.1) is 19.8 Å². The molecule has 0 aromatic heterocycles. The highest BCUT2D eigenvalue weighted by molar-refractivity contribution is 5.88. The third kappa shape index (κ3) is 3.34. The van der Waals surface area contributed by atoms with Crippen molar-refractivity contribution in [3.05, 3.63) is 106 Å². The van der Waals surface area contributed by atoms with E-state index in [1.54, 1.807) is 0 Å². The molecule has 0 unspecified atom stereocenters. The van der Waals surface area contributed by atoms with Gasteiger partial charge in [-0.3, -0.25) is 0 Å². The molecule has 3 aromatic carbocycles. The van der Waals surface area contributed by atoms with Gasteiger partial charge in [0.05, 0.1) is 12.1 Å². The lowest BCUT2D eigenvalue weighted by molar-refractivity contribution is 0.0505. The molecule has 4 atom stereocenters. The molecule has 2 heterocycles. The fraction of sp³-hybridized carbons (Fsp3) is 0.333. The normalized spacial score (nSPS) is 25.7. The summed E-state index contributed by atoms with van der Waals surface area (Å²) in [6, 6.07) is 26.9. The lowest BCUT2D eigenvalue weighted by atomic mass is 9.68. The summed E-state index contributed by atoms with van der Waals surface area (Å²) in [5.41, 5.74) is 10.6. The van der Waals surface area contributed by atoms with Crippen LogP contribution in [0.4, 0.5) is 5.69 Å². The van der Waals surface area contributed by atoms with Gasteiger partial charge >= 0.3 is 0 Å². The molecule has 0 saturated carbocycles. The van der Waals surface area contributed by atoms with E-state index < -0.39 is 0 Å². The van der Waals surface area contributed by atoms with Crippen molar-refractivity contribution in [1.82, 2.24) is 0 Å².